The van der Waals surface area contributed by atoms with Crippen molar-refractivity contribution in [2.24, 2.45) is 29.1 Å². The van der Waals surface area contributed by atoms with Crippen molar-refractivity contribution in [2.75, 3.05) is 0 Å². The fraction of sp³-hybridized carbons (Fsp3) is 0.778. The molecule has 2 N–H and O–H groups in total. The van der Waals surface area contributed by atoms with Gasteiger partial charge in [0.1, 0.15) is 0 Å². The lowest BCUT2D eigenvalue weighted by Crippen LogP contribution is -2.46. The van der Waals surface area contributed by atoms with E-state index >= 15 is 0 Å². The minimum Gasteiger partial charge on any atom is -0.393 e. The normalized spacial score (nSPS) is 53.9. The van der Waals surface area contributed by atoms with Gasteiger partial charge in [-0.05, 0) is 61.7 Å². The zero-order chi connectivity index (χ0) is 13.9. The lowest BCUT2D eigenvalue weighted by Gasteiger charge is -2.52. The second-order valence-corrected chi connectivity index (χ2v) is 7.77. The van der Waals surface area contributed by atoms with Crippen LogP contribution in [0.25, 0.3) is 0 Å². The molecule has 4 aliphatic carbocycles. The van der Waals surface area contributed by atoms with Gasteiger partial charge in [-0.25, -0.2) is 0 Å². The van der Waals surface area contributed by atoms with Crippen LogP contribution in [0, 0.1) is 29.1 Å². The van der Waals surface area contributed by atoms with Crippen molar-refractivity contribution in [1.82, 2.24) is 0 Å². The van der Waals surface area contributed by atoms with Gasteiger partial charge in [-0.2, -0.15) is 0 Å². The summed E-state index contributed by atoms with van der Waals surface area (Å²) in [7, 11) is 0. The first-order valence-corrected chi connectivity index (χ1v) is 8.33. The highest BCUT2D eigenvalue weighted by Crippen LogP contribution is 2.60. The summed E-state index contributed by atoms with van der Waals surface area (Å²) >= 11 is 0. The number of hydrogen-bond donors (Lipinski definition) is 2. The molecular formula is C18H26O2. The summed E-state index contributed by atoms with van der Waals surface area (Å²) < 4.78 is 0. The van der Waals surface area contributed by atoms with Crippen LogP contribution >= 0.6 is 0 Å². The van der Waals surface area contributed by atoms with Gasteiger partial charge >= 0.3 is 0 Å². The van der Waals surface area contributed by atoms with Crippen LogP contribution < -0.4 is 0 Å². The summed E-state index contributed by atoms with van der Waals surface area (Å²) in [6.07, 6.45) is 13.0. The van der Waals surface area contributed by atoms with E-state index in [1.54, 1.807) is 0 Å². The molecule has 7 atom stereocenters. The molecule has 2 heteroatoms. The molecule has 0 unspecified atom stereocenters. The zero-order valence-corrected chi connectivity index (χ0v) is 12.3. The third-order valence-corrected chi connectivity index (χ3v) is 6.97. The molecule has 4 rings (SSSR count). The first-order chi connectivity index (χ1) is 9.59. The van der Waals surface area contributed by atoms with E-state index in [0.29, 0.717) is 11.8 Å². The van der Waals surface area contributed by atoms with Gasteiger partial charge in [-0.3, -0.25) is 0 Å². The molecule has 0 heterocycles. The van der Waals surface area contributed by atoms with Crippen molar-refractivity contribution in [3.8, 4) is 0 Å². The van der Waals surface area contributed by atoms with Crippen molar-refractivity contribution in [2.45, 2.75) is 57.7 Å². The highest BCUT2D eigenvalue weighted by molar-refractivity contribution is 5.27. The Bertz CT molecular complexity index is 466. The van der Waals surface area contributed by atoms with Gasteiger partial charge in [0.25, 0.3) is 0 Å². The summed E-state index contributed by atoms with van der Waals surface area (Å²) in [5.74, 6) is 2.77. The van der Waals surface area contributed by atoms with Crippen LogP contribution in [0.2, 0.25) is 0 Å². The third-order valence-electron chi connectivity index (χ3n) is 6.97. The number of fused-ring (bicyclic) bond motifs is 5. The number of hydrogen-bond acceptors (Lipinski definition) is 2. The van der Waals surface area contributed by atoms with Crippen molar-refractivity contribution in [1.29, 1.82) is 0 Å². The Morgan fingerprint density at radius 1 is 1.10 bits per heavy atom. The first kappa shape index (κ1) is 13.1. The van der Waals surface area contributed by atoms with E-state index in [9.17, 15) is 10.2 Å². The molecule has 0 bridgehead atoms. The Morgan fingerprint density at radius 3 is 2.80 bits per heavy atom. The van der Waals surface area contributed by atoms with Crippen LogP contribution in [0.4, 0.5) is 0 Å². The van der Waals surface area contributed by atoms with Gasteiger partial charge in [-0.1, -0.05) is 30.7 Å². The maximum atomic E-state index is 10.4. The molecule has 0 aromatic rings. The molecule has 0 saturated heterocycles. The predicted octanol–water partition coefficient (Wildman–Crippen LogP) is 3.06. The van der Waals surface area contributed by atoms with E-state index in [0.717, 1.165) is 24.7 Å². The van der Waals surface area contributed by atoms with E-state index in [2.05, 4.69) is 19.1 Å². The number of allylic oxidation sites excluding steroid dienone is 2. The van der Waals surface area contributed by atoms with Crippen LogP contribution in [0.3, 0.4) is 0 Å². The Labute approximate surface area is 121 Å². The first-order valence-electron chi connectivity index (χ1n) is 8.33. The Balaban J connectivity index is 1.65. The molecule has 20 heavy (non-hydrogen) atoms. The quantitative estimate of drug-likeness (QED) is 0.667. The average molecular weight is 274 g/mol. The van der Waals surface area contributed by atoms with E-state index in [1.807, 2.05) is 6.08 Å². The van der Waals surface area contributed by atoms with Gasteiger partial charge < -0.3 is 10.2 Å². The van der Waals surface area contributed by atoms with Gasteiger partial charge in [-0.15, -0.1) is 0 Å². The topological polar surface area (TPSA) is 40.5 Å². The molecule has 0 radical (unpaired) electrons. The molecule has 2 nitrogen and oxygen atoms in total. The largest absolute Gasteiger partial charge is 0.393 e. The number of aliphatic hydroxyl groups is 2. The fourth-order valence-electron chi connectivity index (χ4n) is 5.82. The van der Waals surface area contributed by atoms with Crippen LogP contribution in [0.5, 0.6) is 0 Å². The van der Waals surface area contributed by atoms with Crippen molar-refractivity contribution in [3.63, 3.8) is 0 Å². The highest BCUT2D eigenvalue weighted by Gasteiger charge is 2.55. The highest BCUT2D eigenvalue weighted by atomic mass is 16.3. The molecule has 2 fully saturated rings. The van der Waals surface area contributed by atoms with E-state index in [-0.39, 0.29) is 17.6 Å². The lowest BCUT2D eigenvalue weighted by atomic mass is 9.53. The van der Waals surface area contributed by atoms with Gasteiger partial charge in [0.15, 0.2) is 0 Å². The smallest absolute Gasteiger partial charge is 0.0758 e. The SMILES string of the molecule is C[C@]12CC[C@H]3[C@@H](CC=C4C[C@H](O)C=C[C@@H]43)[C@@H]1CC[C@@H]2O. The number of rotatable bonds is 0. The minimum atomic E-state index is -0.267. The second-order valence-electron chi connectivity index (χ2n) is 7.77. The summed E-state index contributed by atoms with van der Waals surface area (Å²) in [5.41, 5.74) is 1.65. The van der Waals surface area contributed by atoms with Crippen molar-refractivity contribution < 1.29 is 10.2 Å². The zero-order valence-electron chi connectivity index (χ0n) is 12.3. The molecule has 0 spiro atoms. The maximum Gasteiger partial charge on any atom is 0.0758 e. The molecule has 0 amide bonds. The van der Waals surface area contributed by atoms with Crippen LogP contribution in [-0.2, 0) is 0 Å². The maximum absolute atomic E-state index is 10.4. The Hall–Kier alpha value is -0.600. The van der Waals surface area contributed by atoms with Crippen LogP contribution in [0.1, 0.15) is 45.4 Å². The standard InChI is InChI=1S/C18H26O2/c1-18-9-8-14-13-5-3-12(19)10-11(13)2-4-15(14)16(18)6-7-17(18)20/h2-3,5,12-17,19-20H,4,6-10H2,1H3/t12-,13+,14-,15-,16+,17+,18+/m1/s1. The van der Waals surface area contributed by atoms with E-state index < -0.39 is 0 Å². The van der Waals surface area contributed by atoms with Crippen molar-refractivity contribution >= 4 is 0 Å². The molecular weight excluding hydrogens is 248 g/mol. The van der Waals surface area contributed by atoms with Gasteiger partial charge in [0.05, 0.1) is 12.2 Å². The van der Waals surface area contributed by atoms with Crippen molar-refractivity contribution in [3.05, 3.63) is 23.8 Å². The third kappa shape index (κ3) is 1.70. The fourth-order valence-corrected chi connectivity index (χ4v) is 5.82. The molecule has 4 aliphatic rings. The van der Waals surface area contributed by atoms with E-state index in [1.165, 1.54) is 31.3 Å². The minimum absolute atomic E-state index is 0.0810. The number of aliphatic hydroxyl groups excluding tert-OH is 2. The molecule has 0 aliphatic heterocycles. The predicted molar refractivity (Wildman–Crippen MR) is 79.0 cm³/mol. The second kappa shape index (κ2) is 4.45. The van der Waals surface area contributed by atoms with Gasteiger partial charge in [0.2, 0.25) is 0 Å². The molecule has 0 aromatic heterocycles. The summed E-state index contributed by atoms with van der Waals surface area (Å²) in [6.45, 7) is 2.32. The van der Waals surface area contributed by atoms with Crippen LogP contribution in [0.15, 0.2) is 23.8 Å². The molecule has 110 valence electrons. The monoisotopic (exact) mass is 274 g/mol. The Morgan fingerprint density at radius 2 is 1.95 bits per heavy atom. The van der Waals surface area contributed by atoms with E-state index in [4.69, 9.17) is 0 Å². The molecule has 0 aromatic carbocycles. The van der Waals surface area contributed by atoms with Gasteiger partial charge in [0, 0.05) is 5.92 Å². The lowest BCUT2D eigenvalue weighted by molar-refractivity contribution is -0.0416. The molecule has 2 saturated carbocycles. The van der Waals surface area contributed by atoms with Crippen LogP contribution in [-0.4, -0.2) is 22.4 Å². The summed E-state index contributed by atoms with van der Waals surface area (Å²) in [5, 5.41) is 20.2. The summed E-state index contributed by atoms with van der Waals surface area (Å²) in [6, 6.07) is 0. The summed E-state index contributed by atoms with van der Waals surface area (Å²) in [4.78, 5) is 0. The average Bonchev–Trinajstić information content (AvgIpc) is 2.74. The Kier molecular flexibility index (Phi) is 2.91.